The number of carbonyl (C=O) groups is 1. The van der Waals surface area contributed by atoms with Gasteiger partial charge in [0.1, 0.15) is 11.5 Å². The van der Waals surface area contributed by atoms with Crippen LogP contribution in [0.4, 0.5) is 10.2 Å². The maximum Gasteiger partial charge on any atom is 0.272 e. The normalized spacial score (nSPS) is 21.2. The van der Waals surface area contributed by atoms with Crippen molar-refractivity contribution in [1.82, 2.24) is 20.5 Å². The average molecular weight is 357 g/mol. The van der Waals surface area contributed by atoms with Gasteiger partial charge in [-0.3, -0.25) is 9.89 Å². The van der Waals surface area contributed by atoms with Gasteiger partial charge in [-0.2, -0.15) is 9.49 Å². The first kappa shape index (κ1) is 17.0. The summed E-state index contributed by atoms with van der Waals surface area (Å²) in [6, 6.07) is 6.93. The smallest absolute Gasteiger partial charge is 0.272 e. The van der Waals surface area contributed by atoms with Crippen LogP contribution in [0.1, 0.15) is 55.2 Å². The lowest BCUT2D eigenvalue weighted by Gasteiger charge is -2.33. The number of H-pyrrole nitrogens is 1. The van der Waals surface area contributed by atoms with E-state index in [0.717, 1.165) is 38.0 Å². The molecule has 4 rings (SSSR count). The second-order valence-corrected chi connectivity index (χ2v) is 7.76. The fourth-order valence-electron chi connectivity index (χ4n) is 3.84. The molecule has 7 heteroatoms. The van der Waals surface area contributed by atoms with Gasteiger partial charge in [0.25, 0.3) is 5.91 Å². The minimum atomic E-state index is -0.445. The Morgan fingerprint density at radius 3 is 2.81 bits per heavy atom. The van der Waals surface area contributed by atoms with E-state index in [4.69, 9.17) is 0 Å². The summed E-state index contributed by atoms with van der Waals surface area (Å²) in [7, 11) is 0. The zero-order chi connectivity index (χ0) is 18.3. The summed E-state index contributed by atoms with van der Waals surface area (Å²) in [5, 5.41) is 10.2. The van der Waals surface area contributed by atoms with Crippen molar-refractivity contribution in [2.45, 2.75) is 45.1 Å². The second kappa shape index (κ2) is 6.37. The fourth-order valence-corrected chi connectivity index (χ4v) is 3.84. The van der Waals surface area contributed by atoms with E-state index in [-0.39, 0.29) is 17.4 Å². The highest BCUT2D eigenvalue weighted by atomic mass is 19.1. The molecule has 1 aliphatic carbocycles. The molecule has 2 N–H and O–H groups in total. The van der Waals surface area contributed by atoms with Crippen LogP contribution in [0.5, 0.6) is 0 Å². The van der Waals surface area contributed by atoms with Gasteiger partial charge in [0.2, 0.25) is 5.95 Å². The predicted octanol–water partition coefficient (Wildman–Crippen LogP) is 2.86. The van der Waals surface area contributed by atoms with E-state index in [1.165, 1.54) is 6.07 Å². The number of halogens is 1. The van der Waals surface area contributed by atoms with Crippen molar-refractivity contribution in [3.05, 3.63) is 41.6 Å². The van der Waals surface area contributed by atoms with Gasteiger partial charge < -0.3 is 10.2 Å². The highest BCUT2D eigenvalue weighted by Gasteiger charge is 2.55. The molecule has 2 aromatic rings. The van der Waals surface area contributed by atoms with Crippen LogP contribution in [-0.2, 0) is 0 Å². The minimum Gasteiger partial charge on any atom is -0.356 e. The van der Waals surface area contributed by atoms with Gasteiger partial charge in [0, 0.05) is 24.8 Å². The van der Waals surface area contributed by atoms with E-state index in [0.29, 0.717) is 17.4 Å². The zero-order valence-electron chi connectivity index (χ0n) is 15.1. The van der Waals surface area contributed by atoms with E-state index in [1.54, 1.807) is 6.07 Å². The first-order valence-corrected chi connectivity index (χ1v) is 9.20. The first-order valence-electron chi connectivity index (χ1n) is 9.20. The summed E-state index contributed by atoms with van der Waals surface area (Å²) in [6.45, 7) is 5.80. The number of amides is 1. The summed E-state index contributed by atoms with van der Waals surface area (Å²) >= 11 is 0. The number of rotatable bonds is 4. The van der Waals surface area contributed by atoms with Crippen molar-refractivity contribution in [2.24, 2.45) is 5.41 Å². The first-order chi connectivity index (χ1) is 12.5. The number of hydrogen-bond acceptors (Lipinski definition) is 4. The van der Waals surface area contributed by atoms with Crippen molar-refractivity contribution in [3.63, 3.8) is 0 Å². The van der Waals surface area contributed by atoms with Crippen LogP contribution in [0.25, 0.3) is 0 Å². The van der Waals surface area contributed by atoms with E-state index < -0.39 is 5.95 Å². The van der Waals surface area contributed by atoms with Crippen LogP contribution in [0.3, 0.4) is 0 Å². The molecule has 0 radical (unpaired) electrons. The highest BCUT2D eigenvalue weighted by Crippen LogP contribution is 2.54. The Labute approximate surface area is 152 Å². The molecule has 2 aromatic heterocycles. The molecule has 0 bridgehead atoms. The lowest BCUT2D eigenvalue weighted by Crippen LogP contribution is -2.39. The summed E-state index contributed by atoms with van der Waals surface area (Å²) < 4.78 is 13.3. The summed E-state index contributed by atoms with van der Waals surface area (Å²) in [4.78, 5) is 18.5. The highest BCUT2D eigenvalue weighted by molar-refractivity contribution is 5.92. The number of anilines is 1. The van der Waals surface area contributed by atoms with E-state index >= 15 is 0 Å². The molecule has 26 heavy (non-hydrogen) atoms. The Bertz CT molecular complexity index is 810. The Morgan fingerprint density at radius 1 is 1.38 bits per heavy atom. The van der Waals surface area contributed by atoms with Gasteiger partial charge in [-0.1, -0.05) is 19.9 Å². The average Bonchev–Trinajstić information content (AvgIpc) is 3.06. The van der Waals surface area contributed by atoms with Gasteiger partial charge in [-0.05, 0) is 48.8 Å². The van der Waals surface area contributed by atoms with Crippen molar-refractivity contribution in [2.75, 3.05) is 18.0 Å². The number of carbonyl (C=O) groups excluding carboxylic acids is 1. The topological polar surface area (TPSA) is 73.9 Å². The lowest BCUT2D eigenvalue weighted by atomic mass is 9.92. The number of aromatic amines is 1. The van der Waals surface area contributed by atoms with Crippen LogP contribution >= 0.6 is 0 Å². The molecule has 6 nitrogen and oxygen atoms in total. The van der Waals surface area contributed by atoms with Crippen molar-refractivity contribution < 1.29 is 9.18 Å². The predicted molar refractivity (Wildman–Crippen MR) is 96.6 cm³/mol. The van der Waals surface area contributed by atoms with Crippen LogP contribution in [0, 0.1) is 11.4 Å². The SMILES string of the molecule is CC(C)c1cc(C(=O)NC2CC23CCN(c2cccc(F)n2)CC3)n[nH]1. The third-order valence-electron chi connectivity index (χ3n) is 5.73. The number of hydrogen-bond donors (Lipinski definition) is 2. The van der Waals surface area contributed by atoms with Crippen LogP contribution in [-0.4, -0.2) is 40.2 Å². The number of nitrogens with zero attached hydrogens (tertiary/aromatic N) is 3. The molecule has 1 saturated carbocycles. The van der Waals surface area contributed by atoms with Gasteiger partial charge >= 0.3 is 0 Å². The molecule has 138 valence electrons. The number of pyridine rings is 1. The van der Waals surface area contributed by atoms with Gasteiger partial charge in [-0.25, -0.2) is 4.98 Å². The molecule has 2 fully saturated rings. The second-order valence-electron chi connectivity index (χ2n) is 7.76. The standard InChI is InChI=1S/C19H24FN5O/c1-12(2)13-10-14(24-23-13)18(26)21-15-11-19(15)6-8-25(9-7-19)17-5-3-4-16(20)22-17/h3-5,10,12,15H,6-9,11H2,1-2H3,(H,21,26)(H,23,24). The summed E-state index contributed by atoms with van der Waals surface area (Å²) in [5.74, 6) is 0.458. The Morgan fingerprint density at radius 2 is 2.15 bits per heavy atom. The van der Waals surface area contributed by atoms with Crippen LogP contribution < -0.4 is 10.2 Å². The third-order valence-corrected chi connectivity index (χ3v) is 5.73. The van der Waals surface area contributed by atoms with E-state index in [2.05, 4.69) is 39.2 Å². The quantitative estimate of drug-likeness (QED) is 0.825. The van der Waals surface area contributed by atoms with Crippen LogP contribution in [0.2, 0.25) is 0 Å². The monoisotopic (exact) mass is 357 g/mol. The number of nitrogens with one attached hydrogen (secondary N) is 2. The Hall–Kier alpha value is -2.44. The van der Waals surface area contributed by atoms with Crippen molar-refractivity contribution in [1.29, 1.82) is 0 Å². The molecule has 2 aliphatic rings. The Balaban J connectivity index is 1.33. The van der Waals surface area contributed by atoms with Crippen molar-refractivity contribution in [3.8, 4) is 0 Å². The van der Waals surface area contributed by atoms with E-state index in [1.807, 2.05) is 12.1 Å². The molecule has 0 aromatic carbocycles. The van der Waals surface area contributed by atoms with Gasteiger partial charge in [0.15, 0.2) is 0 Å². The van der Waals surface area contributed by atoms with E-state index in [9.17, 15) is 9.18 Å². The Kier molecular flexibility index (Phi) is 4.17. The maximum atomic E-state index is 13.3. The molecular weight excluding hydrogens is 333 g/mol. The number of piperidine rings is 1. The molecule has 1 aliphatic heterocycles. The minimum absolute atomic E-state index is 0.107. The molecule has 3 heterocycles. The summed E-state index contributed by atoms with van der Waals surface area (Å²) in [6.07, 6.45) is 2.96. The largest absolute Gasteiger partial charge is 0.356 e. The molecule has 1 amide bonds. The van der Waals surface area contributed by atoms with Crippen molar-refractivity contribution >= 4 is 11.7 Å². The van der Waals surface area contributed by atoms with Gasteiger partial charge in [0.05, 0.1) is 0 Å². The van der Waals surface area contributed by atoms with Gasteiger partial charge in [-0.15, -0.1) is 0 Å². The fraction of sp³-hybridized carbons (Fsp3) is 0.526. The lowest BCUT2D eigenvalue weighted by molar-refractivity contribution is 0.0938. The van der Waals surface area contributed by atoms with Crippen LogP contribution in [0.15, 0.2) is 24.3 Å². The molecule has 1 saturated heterocycles. The number of aromatic nitrogens is 3. The maximum absolute atomic E-state index is 13.3. The molecule has 1 unspecified atom stereocenters. The zero-order valence-corrected chi connectivity index (χ0v) is 15.1. The molecule has 1 atom stereocenters. The third kappa shape index (κ3) is 3.18. The summed E-state index contributed by atoms with van der Waals surface area (Å²) in [5.41, 5.74) is 1.60. The molecule has 1 spiro atoms. The molecular formula is C19H24FN5O.